The minimum Gasteiger partial charge on any atom is -0.744 e. The molecule has 0 bridgehead atoms. The van der Waals surface area contributed by atoms with E-state index in [9.17, 15) is 13.0 Å². The van der Waals surface area contributed by atoms with Crippen LogP contribution in [0.15, 0.2) is 29.2 Å². The van der Waals surface area contributed by atoms with Crippen LogP contribution in [0.2, 0.25) is 0 Å². The van der Waals surface area contributed by atoms with Gasteiger partial charge in [-0.15, -0.1) is 11.3 Å². The number of fused-ring (bicyclic) bond motifs is 1. The normalized spacial score (nSPS) is 13.9. The predicted octanol–water partition coefficient (Wildman–Crippen LogP) is 4.99. The molecule has 3 rings (SSSR count). The van der Waals surface area contributed by atoms with Crippen LogP contribution in [0, 0.1) is 13.8 Å². The molecule has 1 atom stereocenters. The Bertz CT molecular complexity index is 787. The van der Waals surface area contributed by atoms with E-state index in [4.69, 9.17) is 9.47 Å². The zero-order valence-corrected chi connectivity index (χ0v) is 16.5. The summed E-state index contributed by atoms with van der Waals surface area (Å²) in [5, 5.41) is 0. The average Bonchev–Trinajstić information content (AvgIpc) is 2.89. The second-order valence-corrected chi connectivity index (χ2v) is 8.71. The molecule has 1 aromatic carbocycles. The minimum absolute atomic E-state index is 0. The van der Waals surface area contributed by atoms with Gasteiger partial charge in [-0.3, -0.25) is 0 Å². The zero-order valence-electron chi connectivity index (χ0n) is 15.9. The van der Waals surface area contributed by atoms with Gasteiger partial charge in [0, 0.05) is 9.75 Å². The highest BCUT2D eigenvalue weighted by Crippen LogP contribution is 2.42. The fourth-order valence-corrected chi connectivity index (χ4v) is 3.88. The fourth-order valence-electron chi connectivity index (χ4n) is 2.46. The lowest BCUT2D eigenvalue weighted by Crippen LogP contribution is -2.14. The van der Waals surface area contributed by atoms with Crippen molar-refractivity contribution in [2.75, 3.05) is 13.2 Å². The molecular weight excluding hydrogens is 372 g/mol. The van der Waals surface area contributed by atoms with E-state index in [0.29, 0.717) is 19.1 Å². The summed E-state index contributed by atoms with van der Waals surface area (Å²) >= 11 is 1.74. The highest BCUT2D eigenvalue weighted by atomic mass is 32.2. The maximum atomic E-state index is 10.6. The zero-order chi connectivity index (χ0) is 18.6. The van der Waals surface area contributed by atoms with Crippen LogP contribution in [0.25, 0.3) is 0 Å². The van der Waals surface area contributed by atoms with Gasteiger partial charge in [0.25, 0.3) is 0 Å². The van der Waals surface area contributed by atoms with Gasteiger partial charge in [-0.2, -0.15) is 0 Å². The Morgan fingerprint density at radius 2 is 1.58 bits per heavy atom. The molecule has 7 heteroatoms. The molecule has 1 aliphatic rings. The van der Waals surface area contributed by atoms with Crippen molar-refractivity contribution in [1.29, 1.82) is 0 Å². The van der Waals surface area contributed by atoms with E-state index in [0.717, 1.165) is 23.5 Å². The summed E-state index contributed by atoms with van der Waals surface area (Å²) < 4.78 is 42.8. The third-order valence-corrected chi connectivity index (χ3v) is 5.91. The van der Waals surface area contributed by atoms with E-state index >= 15 is 0 Å². The lowest BCUT2D eigenvalue weighted by molar-refractivity contribution is 0.171. The molecule has 0 N–H and O–H groups in total. The molecule has 26 heavy (non-hydrogen) atoms. The Hall–Kier alpha value is -1.57. The molecule has 2 heterocycles. The van der Waals surface area contributed by atoms with Crippen LogP contribution in [0.3, 0.4) is 0 Å². The van der Waals surface area contributed by atoms with E-state index in [2.05, 4.69) is 27.7 Å². The summed E-state index contributed by atoms with van der Waals surface area (Å²) in [5.41, 5.74) is 1.06. The van der Waals surface area contributed by atoms with Crippen molar-refractivity contribution >= 4 is 21.5 Å². The standard InChI is InChI=1S/C10H14O3S.C8H10O2S.CH4/c1-3-8(2)9-4-6-10(7-5-9)14(11,12)13;1-5-7-8(6(2)11-5)10-4-3-9-7;/h4-8H,3H2,1-2H3,(H,11,12,13);3-4H2,1-2H3;1H4. The van der Waals surface area contributed by atoms with E-state index < -0.39 is 10.1 Å². The van der Waals surface area contributed by atoms with Crippen LogP contribution in [0.4, 0.5) is 0 Å². The monoisotopic (exact) mass is 400 g/mol. The molecule has 0 saturated heterocycles. The van der Waals surface area contributed by atoms with Gasteiger partial charge in [0.2, 0.25) is 0 Å². The highest BCUT2D eigenvalue weighted by Gasteiger charge is 2.19. The smallest absolute Gasteiger partial charge is 0.744 e. The van der Waals surface area contributed by atoms with Gasteiger partial charge in [-0.05, 0) is 43.9 Å². The van der Waals surface area contributed by atoms with Gasteiger partial charge in [0.05, 0.1) is 4.90 Å². The Labute approximate surface area is 162 Å². The summed E-state index contributed by atoms with van der Waals surface area (Å²) in [6.07, 6.45) is 0.990. The lowest BCUT2D eigenvalue weighted by Gasteiger charge is -2.15. The number of hydrogen-bond donors (Lipinski definition) is 0. The molecule has 146 valence electrons. The van der Waals surface area contributed by atoms with Crippen molar-refractivity contribution < 1.29 is 23.9 Å². The summed E-state index contributed by atoms with van der Waals surface area (Å²) in [5.74, 6) is 2.30. The molecule has 5 nitrogen and oxygen atoms in total. The van der Waals surface area contributed by atoms with E-state index in [-0.39, 0.29) is 13.7 Å². The largest absolute Gasteiger partial charge is 1.00 e. The summed E-state index contributed by atoms with van der Waals surface area (Å²) in [6, 6.07) is 6.12. The molecule has 0 radical (unpaired) electrons. The molecule has 0 fully saturated rings. The van der Waals surface area contributed by atoms with Crippen molar-refractivity contribution in [3.8, 4) is 11.5 Å². The summed E-state index contributed by atoms with van der Waals surface area (Å²) in [4.78, 5) is 2.28. The number of ether oxygens (including phenoxy) is 2. The Morgan fingerprint density at radius 1 is 1.12 bits per heavy atom. The van der Waals surface area contributed by atoms with Gasteiger partial charge in [0.15, 0.2) is 11.5 Å². The van der Waals surface area contributed by atoms with Crippen molar-refractivity contribution in [3.63, 3.8) is 0 Å². The van der Waals surface area contributed by atoms with E-state index in [1.54, 1.807) is 23.5 Å². The Kier molecular flexibility index (Phi) is 8.12. The molecule has 1 aliphatic heterocycles. The van der Waals surface area contributed by atoms with Crippen molar-refractivity contribution in [3.05, 3.63) is 39.6 Å². The number of benzene rings is 1. The lowest BCUT2D eigenvalue weighted by atomic mass is 9.99. The molecule has 2 aromatic rings. The van der Waals surface area contributed by atoms with E-state index in [1.807, 2.05) is 0 Å². The number of hydrogen-bond acceptors (Lipinski definition) is 6. The van der Waals surface area contributed by atoms with Gasteiger partial charge in [-0.25, -0.2) is 8.42 Å². The number of rotatable bonds is 3. The number of aryl methyl sites for hydroxylation is 2. The summed E-state index contributed by atoms with van der Waals surface area (Å²) in [7, 11) is -4.30. The third kappa shape index (κ3) is 5.46. The van der Waals surface area contributed by atoms with Crippen molar-refractivity contribution in [1.82, 2.24) is 0 Å². The van der Waals surface area contributed by atoms with Gasteiger partial charge < -0.3 is 14.0 Å². The SMILES string of the molecule is C.CCC(C)c1ccc(S(=O)(=O)[O-])cc1.Cc1sc(C)c2c1OCCO2.[H+]. The minimum atomic E-state index is -4.30. The van der Waals surface area contributed by atoms with Crippen LogP contribution in [-0.4, -0.2) is 26.2 Å². The fraction of sp³-hybridized carbons (Fsp3) is 0.474. The van der Waals surface area contributed by atoms with Crippen LogP contribution in [-0.2, 0) is 10.1 Å². The van der Waals surface area contributed by atoms with Crippen LogP contribution < -0.4 is 9.47 Å². The molecule has 0 amide bonds. The van der Waals surface area contributed by atoms with E-state index in [1.165, 1.54) is 21.9 Å². The van der Waals surface area contributed by atoms with Gasteiger partial charge in [-0.1, -0.05) is 33.4 Å². The topological polar surface area (TPSA) is 75.7 Å². The molecule has 1 aromatic heterocycles. The first-order valence-electron chi connectivity index (χ1n) is 8.15. The molecule has 0 aliphatic carbocycles. The first kappa shape index (κ1) is 22.5. The third-order valence-electron chi connectivity index (χ3n) is 4.08. The molecule has 1 unspecified atom stereocenters. The Balaban J connectivity index is 0.000000475. The highest BCUT2D eigenvalue weighted by molar-refractivity contribution is 7.85. The van der Waals surface area contributed by atoms with Crippen LogP contribution in [0.5, 0.6) is 11.5 Å². The molecule has 0 spiro atoms. The first-order valence-corrected chi connectivity index (χ1v) is 10.4. The maximum absolute atomic E-state index is 10.6. The molecule has 0 saturated carbocycles. The molecular formula is C19H28O5S2. The average molecular weight is 401 g/mol. The van der Waals surface area contributed by atoms with Gasteiger partial charge in [0.1, 0.15) is 23.3 Å². The second-order valence-electron chi connectivity index (χ2n) is 5.90. The first-order chi connectivity index (χ1) is 11.7. The van der Waals surface area contributed by atoms with Gasteiger partial charge >= 0.3 is 1.43 Å². The predicted molar refractivity (Wildman–Crippen MR) is 106 cm³/mol. The quantitative estimate of drug-likeness (QED) is 0.679. The maximum Gasteiger partial charge on any atom is 1.00 e. The van der Waals surface area contributed by atoms with Crippen molar-refractivity contribution in [2.24, 2.45) is 0 Å². The second kappa shape index (κ2) is 9.39. The van der Waals surface area contributed by atoms with Crippen LogP contribution >= 0.6 is 11.3 Å². The van der Waals surface area contributed by atoms with Crippen LogP contribution in [0.1, 0.15) is 50.4 Å². The van der Waals surface area contributed by atoms with Crippen molar-refractivity contribution in [2.45, 2.75) is 52.4 Å². The number of thiophene rings is 1. The summed E-state index contributed by atoms with van der Waals surface area (Å²) in [6.45, 7) is 9.61. The Morgan fingerprint density at radius 3 is 1.96 bits per heavy atom.